The van der Waals surface area contributed by atoms with Gasteiger partial charge in [0.2, 0.25) is 0 Å². The molecule has 4 aromatic rings. The summed E-state index contributed by atoms with van der Waals surface area (Å²) >= 11 is 0. The molecule has 3 nitrogen and oxygen atoms in total. The van der Waals surface area contributed by atoms with Crippen molar-refractivity contribution in [3.63, 3.8) is 0 Å². The summed E-state index contributed by atoms with van der Waals surface area (Å²) in [5.74, 6) is -0.171. The number of aryl methyl sites for hydroxylation is 1. The van der Waals surface area contributed by atoms with Crippen molar-refractivity contribution in [2.75, 3.05) is 6.61 Å². The zero-order chi connectivity index (χ0) is 26.0. The summed E-state index contributed by atoms with van der Waals surface area (Å²) in [7, 11) is 0. The molecule has 0 bridgehead atoms. The average Bonchev–Trinajstić information content (AvgIpc) is 2.93. The highest BCUT2D eigenvalue weighted by molar-refractivity contribution is 5.70. The van der Waals surface area contributed by atoms with Crippen LogP contribution in [0.1, 0.15) is 65.7 Å². The van der Waals surface area contributed by atoms with Crippen LogP contribution in [0.15, 0.2) is 109 Å². The smallest absolute Gasteiger partial charge is 0.307 e. The molecule has 2 atom stereocenters. The predicted octanol–water partition coefficient (Wildman–Crippen LogP) is 7.84. The molecular weight excluding hydrogens is 454 g/mol. The number of rotatable bonds is 11. The van der Waals surface area contributed by atoms with Crippen molar-refractivity contribution in [3.8, 4) is 0 Å². The first-order valence-electron chi connectivity index (χ1n) is 13.2. The fraction of sp³-hybridized carbons (Fsp3) is 0.265. The SMILES string of the molecule is CCOC(=O)C[C@@H](c1cccc(Cc2ccccc2C)c1)N(Cc1ccccc1)[C@H](C)c1ccccc1. The topological polar surface area (TPSA) is 29.5 Å². The number of hydrogen-bond donors (Lipinski definition) is 0. The molecule has 0 saturated heterocycles. The van der Waals surface area contributed by atoms with Gasteiger partial charge in [-0.15, -0.1) is 0 Å². The largest absolute Gasteiger partial charge is 0.466 e. The van der Waals surface area contributed by atoms with Crippen LogP contribution in [-0.4, -0.2) is 17.5 Å². The third kappa shape index (κ3) is 7.18. The van der Waals surface area contributed by atoms with E-state index in [9.17, 15) is 4.79 Å². The van der Waals surface area contributed by atoms with Gasteiger partial charge >= 0.3 is 5.97 Å². The molecule has 0 aliphatic carbocycles. The molecule has 190 valence electrons. The van der Waals surface area contributed by atoms with E-state index >= 15 is 0 Å². The maximum absolute atomic E-state index is 12.9. The molecule has 0 amide bonds. The molecule has 37 heavy (non-hydrogen) atoms. The number of carbonyl (C=O) groups excluding carboxylic acids is 1. The van der Waals surface area contributed by atoms with E-state index in [0.717, 1.165) is 18.5 Å². The predicted molar refractivity (Wildman–Crippen MR) is 151 cm³/mol. The Bertz CT molecular complexity index is 1270. The first kappa shape index (κ1) is 26.4. The lowest BCUT2D eigenvalue weighted by atomic mass is 9.93. The van der Waals surface area contributed by atoms with Gasteiger partial charge in [-0.05, 0) is 60.6 Å². The highest BCUT2D eigenvalue weighted by atomic mass is 16.5. The summed E-state index contributed by atoms with van der Waals surface area (Å²) in [5, 5.41) is 0. The van der Waals surface area contributed by atoms with E-state index in [4.69, 9.17) is 4.74 Å². The summed E-state index contributed by atoms with van der Waals surface area (Å²) in [6, 6.07) is 38.2. The molecule has 4 aromatic carbocycles. The van der Waals surface area contributed by atoms with E-state index in [1.807, 2.05) is 19.1 Å². The number of nitrogens with zero attached hydrogens (tertiary/aromatic N) is 1. The van der Waals surface area contributed by atoms with Gasteiger partial charge in [0.1, 0.15) is 0 Å². The molecule has 0 N–H and O–H groups in total. The van der Waals surface area contributed by atoms with Gasteiger partial charge in [-0.2, -0.15) is 0 Å². The Labute approximate surface area is 221 Å². The summed E-state index contributed by atoms with van der Waals surface area (Å²) in [4.78, 5) is 15.4. The van der Waals surface area contributed by atoms with Gasteiger partial charge < -0.3 is 4.74 Å². The van der Waals surface area contributed by atoms with E-state index in [1.165, 1.54) is 27.8 Å². The van der Waals surface area contributed by atoms with Crippen LogP contribution in [0, 0.1) is 6.92 Å². The van der Waals surface area contributed by atoms with Crippen LogP contribution < -0.4 is 0 Å². The lowest BCUT2D eigenvalue weighted by molar-refractivity contribution is -0.145. The summed E-state index contributed by atoms with van der Waals surface area (Å²) in [5.41, 5.74) is 7.43. The molecule has 3 heteroatoms. The lowest BCUT2D eigenvalue weighted by Gasteiger charge is -2.37. The first-order chi connectivity index (χ1) is 18.0. The van der Waals surface area contributed by atoms with E-state index in [0.29, 0.717) is 13.0 Å². The van der Waals surface area contributed by atoms with Crippen LogP contribution in [0.3, 0.4) is 0 Å². The fourth-order valence-corrected chi connectivity index (χ4v) is 4.98. The Morgan fingerprint density at radius 2 is 1.41 bits per heavy atom. The second-order valence-corrected chi connectivity index (χ2v) is 9.62. The molecule has 0 saturated carbocycles. The van der Waals surface area contributed by atoms with Crippen molar-refractivity contribution < 1.29 is 9.53 Å². The maximum atomic E-state index is 12.9. The number of hydrogen-bond acceptors (Lipinski definition) is 3. The van der Waals surface area contributed by atoms with Crippen LogP contribution in [0.4, 0.5) is 0 Å². The summed E-state index contributed by atoms with van der Waals surface area (Å²) < 4.78 is 5.46. The van der Waals surface area contributed by atoms with E-state index in [2.05, 4.69) is 116 Å². The van der Waals surface area contributed by atoms with Gasteiger partial charge in [-0.25, -0.2) is 0 Å². The van der Waals surface area contributed by atoms with Crippen molar-refractivity contribution in [3.05, 3.63) is 143 Å². The van der Waals surface area contributed by atoms with Crippen molar-refractivity contribution >= 4 is 5.97 Å². The Morgan fingerprint density at radius 3 is 2.11 bits per heavy atom. The molecule has 0 heterocycles. The van der Waals surface area contributed by atoms with Crippen LogP contribution in [0.25, 0.3) is 0 Å². The molecule has 0 aliphatic rings. The highest BCUT2D eigenvalue weighted by Crippen LogP contribution is 2.35. The fourth-order valence-electron chi connectivity index (χ4n) is 4.98. The third-order valence-corrected chi connectivity index (χ3v) is 7.04. The molecule has 0 aliphatic heterocycles. The van der Waals surface area contributed by atoms with Crippen molar-refractivity contribution in [1.29, 1.82) is 0 Å². The minimum atomic E-state index is -0.171. The van der Waals surface area contributed by atoms with Crippen LogP contribution in [0.2, 0.25) is 0 Å². The van der Waals surface area contributed by atoms with E-state index in [-0.39, 0.29) is 18.1 Å². The third-order valence-electron chi connectivity index (χ3n) is 7.04. The van der Waals surface area contributed by atoms with Crippen LogP contribution >= 0.6 is 0 Å². The van der Waals surface area contributed by atoms with E-state index < -0.39 is 0 Å². The lowest BCUT2D eigenvalue weighted by Crippen LogP contribution is -2.33. The maximum Gasteiger partial charge on any atom is 0.307 e. The van der Waals surface area contributed by atoms with Crippen LogP contribution in [0.5, 0.6) is 0 Å². The summed E-state index contributed by atoms with van der Waals surface area (Å²) in [6.07, 6.45) is 1.16. The second-order valence-electron chi connectivity index (χ2n) is 9.62. The first-order valence-corrected chi connectivity index (χ1v) is 13.2. The van der Waals surface area contributed by atoms with Crippen molar-refractivity contribution in [1.82, 2.24) is 4.90 Å². The average molecular weight is 492 g/mol. The van der Waals surface area contributed by atoms with Crippen LogP contribution in [-0.2, 0) is 22.5 Å². The zero-order valence-corrected chi connectivity index (χ0v) is 22.1. The summed E-state index contributed by atoms with van der Waals surface area (Å²) in [6.45, 7) is 7.36. The second kappa shape index (κ2) is 13.0. The van der Waals surface area contributed by atoms with Gasteiger partial charge in [-0.3, -0.25) is 9.69 Å². The molecule has 4 rings (SSSR count). The van der Waals surface area contributed by atoms with Crippen molar-refractivity contribution in [2.24, 2.45) is 0 Å². The van der Waals surface area contributed by atoms with Gasteiger partial charge in [0.15, 0.2) is 0 Å². The Hall–Kier alpha value is -3.69. The zero-order valence-electron chi connectivity index (χ0n) is 22.1. The van der Waals surface area contributed by atoms with Gasteiger partial charge in [0, 0.05) is 18.6 Å². The standard InChI is InChI=1S/C34H37NO2/c1-4-37-34(36)24-33(32-21-13-17-29(23-32)22-31-20-12-11-14-26(31)2)35(25-28-15-7-5-8-16-28)27(3)30-18-9-6-10-19-30/h5-21,23,27,33H,4,22,24-25H2,1-3H3/t27-,33+/m1/s1. The highest BCUT2D eigenvalue weighted by Gasteiger charge is 2.29. The molecule has 0 aromatic heterocycles. The Morgan fingerprint density at radius 1 is 0.784 bits per heavy atom. The van der Waals surface area contributed by atoms with Gasteiger partial charge in [0.25, 0.3) is 0 Å². The number of ether oxygens (including phenoxy) is 1. The monoisotopic (exact) mass is 491 g/mol. The Kier molecular flexibility index (Phi) is 9.29. The minimum absolute atomic E-state index is 0.0980. The van der Waals surface area contributed by atoms with Crippen molar-refractivity contribution in [2.45, 2.75) is 52.2 Å². The normalized spacial score (nSPS) is 12.8. The molecule has 0 radical (unpaired) electrons. The molecule has 0 spiro atoms. The number of carbonyl (C=O) groups is 1. The van der Waals surface area contributed by atoms with E-state index in [1.54, 1.807) is 0 Å². The van der Waals surface area contributed by atoms with Gasteiger partial charge in [-0.1, -0.05) is 109 Å². The molecule has 0 unspecified atom stereocenters. The van der Waals surface area contributed by atoms with Gasteiger partial charge in [0.05, 0.1) is 13.0 Å². The molecule has 0 fully saturated rings. The number of esters is 1. The quantitative estimate of drug-likeness (QED) is 0.200. The number of benzene rings is 4. The Balaban J connectivity index is 1.74. The molecular formula is C34H37NO2. The minimum Gasteiger partial charge on any atom is -0.466 e.